The molecule has 0 saturated carbocycles. The number of aromatic hydroxyl groups is 1. The third-order valence-electron chi connectivity index (χ3n) is 3.30. The number of phenols is 1. The van der Waals surface area contributed by atoms with Crippen molar-refractivity contribution in [2.75, 3.05) is 0 Å². The van der Waals surface area contributed by atoms with Crippen LogP contribution in [-0.2, 0) is 10.0 Å². The monoisotopic (exact) mass is 386 g/mol. The normalized spacial score (nSPS) is 11.9. The van der Waals surface area contributed by atoms with Crippen LogP contribution in [0.4, 0.5) is 0 Å². The lowest BCUT2D eigenvalue weighted by Gasteiger charge is -2.11. The van der Waals surface area contributed by atoms with E-state index in [1.54, 1.807) is 26.0 Å². The van der Waals surface area contributed by atoms with Crippen molar-refractivity contribution in [3.8, 4) is 5.75 Å². The number of hydrogen-bond donors (Lipinski definition) is 2. The minimum absolute atomic E-state index is 0.0528. The Morgan fingerprint density at radius 1 is 1.04 bits per heavy atom. The lowest BCUT2D eigenvalue weighted by atomic mass is 10.1. The van der Waals surface area contributed by atoms with E-state index in [2.05, 4.69) is 9.93 Å². The highest BCUT2D eigenvalue weighted by molar-refractivity contribution is 7.89. The molecule has 0 aliphatic rings. The Hall–Kier alpha value is -1.76. The number of phenolic OH excluding ortho intramolecular Hbond substituents is 1. The Kier molecular flexibility index (Phi) is 5.42. The van der Waals surface area contributed by atoms with Crippen molar-refractivity contribution < 1.29 is 13.5 Å². The van der Waals surface area contributed by atoms with Crippen LogP contribution >= 0.6 is 23.2 Å². The standard InChI is InChI=1S/C16H16Cl2N2O3S/c1-9-4-10(2)16(11(3)5-9)24(22,23)20-19-8-12-6-13(17)15(21)14(18)7-12/h4-8,20-21H,1-3H3/b19-8+. The first kappa shape index (κ1) is 18.6. The molecule has 0 heterocycles. The van der Waals surface area contributed by atoms with Gasteiger partial charge in [-0.1, -0.05) is 40.9 Å². The van der Waals surface area contributed by atoms with Crippen LogP contribution in [0.25, 0.3) is 0 Å². The molecule has 0 unspecified atom stereocenters. The number of hydrazone groups is 1. The van der Waals surface area contributed by atoms with Gasteiger partial charge in [0.1, 0.15) is 0 Å². The van der Waals surface area contributed by atoms with Gasteiger partial charge in [0.15, 0.2) is 5.75 Å². The molecule has 5 nitrogen and oxygen atoms in total. The molecule has 0 amide bonds. The first-order valence-corrected chi connectivity index (χ1v) is 9.16. The SMILES string of the molecule is Cc1cc(C)c(S(=O)(=O)N/N=C/c2cc(Cl)c(O)c(Cl)c2)c(C)c1. The molecule has 0 aliphatic heterocycles. The van der Waals surface area contributed by atoms with Crippen LogP contribution in [0.3, 0.4) is 0 Å². The maximum absolute atomic E-state index is 12.4. The van der Waals surface area contributed by atoms with Crippen molar-refractivity contribution in [2.24, 2.45) is 5.10 Å². The number of benzene rings is 2. The summed E-state index contributed by atoms with van der Waals surface area (Å²) in [5.74, 6) is -0.234. The van der Waals surface area contributed by atoms with Gasteiger partial charge in [-0.15, -0.1) is 0 Å². The van der Waals surface area contributed by atoms with Gasteiger partial charge in [-0.05, 0) is 49.6 Å². The summed E-state index contributed by atoms with van der Waals surface area (Å²) in [5, 5.41) is 13.3. The first-order valence-electron chi connectivity index (χ1n) is 6.92. The van der Waals surface area contributed by atoms with Crippen molar-refractivity contribution in [3.63, 3.8) is 0 Å². The number of halogens is 2. The second-order valence-corrected chi connectivity index (χ2v) is 7.83. The summed E-state index contributed by atoms with van der Waals surface area (Å²) in [4.78, 5) is 2.37. The van der Waals surface area contributed by atoms with Gasteiger partial charge < -0.3 is 5.11 Å². The summed E-state index contributed by atoms with van der Waals surface area (Å²) in [6, 6.07) is 6.43. The molecule has 0 radical (unpaired) electrons. The molecule has 2 aromatic rings. The molecule has 0 saturated heterocycles. The second kappa shape index (κ2) is 7.01. The van der Waals surface area contributed by atoms with Gasteiger partial charge in [0.25, 0.3) is 10.0 Å². The van der Waals surface area contributed by atoms with Gasteiger partial charge in [0, 0.05) is 0 Å². The molecule has 0 fully saturated rings. The highest BCUT2D eigenvalue weighted by atomic mass is 35.5. The van der Waals surface area contributed by atoms with Crippen LogP contribution < -0.4 is 4.83 Å². The Balaban J connectivity index is 2.28. The largest absolute Gasteiger partial charge is 0.505 e. The number of hydrogen-bond acceptors (Lipinski definition) is 4. The van der Waals surface area contributed by atoms with Crippen LogP contribution in [-0.4, -0.2) is 19.7 Å². The predicted octanol–water partition coefficient (Wildman–Crippen LogP) is 3.94. The highest BCUT2D eigenvalue weighted by Gasteiger charge is 2.19. The minimum Gasteiger partial charge on any atom is -0.505 e. The molecule has 128 valence electrons. The van der Waals surface area contributed by atoms with Gasteiger partial charge >= 0.3 is 0 Å². The van der Waals surface area contributed by atoms with Crippen LogP contribution in [0, 0.1) is 20.8 Å². The van der Waals surface area contributed by atoms with Gasteiger partial charge in [-0.25, -0.2) is 4.83 Å². The molecule has 24 heavy (non-hydrogen) atoms. The summed E-state index contributed by atoms with van der Waals surface area (Å²) < 4.78 is 24.9. The molecule has 2 rings (SSSR count). The Morgan fingerprint density at radius 2 is 1.54 bits per heavy atom. The maximum atomic E-state index is 12.4. The van der Waals surface area contributed by atoms with Gasteiger partial charge in [-0.2, -0.15) is 13.5 Å². The Labute approximate surface area is 151 Å². The van der Waals surface area contributed by atoms with Crippen molar-refractivity contribution in [3.05, 3.63) is 56.6 Å². The number of nitrogens with zero attached hydrogens (tertiary/aromatic N) is 1. The third kappa shape index (κ3) is 4.01. The molecular formula is C16H16Cl2N2O3S. The van der Waals surface area contributed by atoms with E-state index in [4.69, 9.17) is 23.2 Å². The van der Waals surface area contributed by atoms with Crippen molar-refractivity contribution in [1.29, 1.82) is 0 Å². The van der Waals surface area contributed by atoms with E-state index in [9.17, 15) is 13.5 Å². The van der Waals surface area contributed by atoms with Crippen LogP contribution in [0.15, 0.2) is 34.3 Å². The van der Waals surface area contributed by atoms with E-state index in [-0.39, 0.29) is 20.7 Å². The van der Waals surface area contributed by atoms with Crippen molar-refractivity contribution in [2.45, 2.75) is 25.7 Å². The molecule has 0 aromatic heterocycles. The van der Waals surface area contributed by atoms with Gasteiger partial charge in [0.2, 0.25) is 0 Å². The molecule has 0 aliphatic carbocycles. The van der Waals surface area contributed by atoms with E-state index < -0.39 is 10.0 Å². The predicted molar refractivity (Wildman–Crippen MR) is 96.7 cm³/mol. The van der Waals surface area contributed by atoms with Crippen LogP contribution in [0.1, 0.15) is 22.3 Å². The van der Waals surface area contributed by atoms with Crippen LogP contribution in [0.2, 0.25) is 10.0 Å². The molecule has 0 bridgehead atoms. The lowest BCUT2D eigenvalue weighted by molar-refractivity contribution is 0.476. The summed E-state index contributed by atoms with van der Waals surface area (Å²) in [5.41, 5.74) is 2.72. The van der Waals surface area contributed by atoms with E-state index >= 15 is 0 Å². The van der Waals surface area contributed by atoms with E-state index in [0.29, 0.717) is 16.7 Å². The average Bonchev–Trinajstić information content (AvgIpc) is 2.42. The quantitative estimate of drug-likeness (QED) is 0.616. The lowest BCUT2D eigenvalue weighted by Crippen LogP contribution is -2.20. The molecule has 2 N–H and O–H groups in total. The van der Waals surface area contributed by atoms with Gasteiger partial charge in [0.05, 0.1) is 21.2 Å². The molecule has 0 spiro atoms. The zero-order chi connectivity index (χ0) is 18.1. The second-order valence-electron chi connectivity index (χ2n) is 5.41. The summed E-state index contributed by atoms with van der Waals surface area (Å²) in [6.45, 7) is 5.37. The van der Waals surface area contributed by atoms with Gasteiger partial charge in [-0.3, -0.25) is 0 Å². The number of sulfonamides is 1. The minimum atomic E-state index is -3.80. The molecule has 8 heteroatoms. The molecule has 0 atom stereocenters. The Bertz CT molecular complexity index is 879. The van der Waals surface area contributed by atoms with E-state index in [1.807, 2.05) is 6.92 Å². The zero-order valence-electron chi connectivity index (χ0n) is 13.3. The maximum Gasteiger partial charge on any atom is 0.277 e. The summed E-state index contributed by atoms with van der Waals surface area (Å²) >= 11 is 11.6. The first-order chi connectivity index (χ1) is 11.1. The topological polar surface area (TPSA) is 78.8 Å². The Morgan fingerprint density at radius 3 is 2.04 bits per heavy atom. The summed E-state index contributed by atoms with van der Waals surface area (Å²) in [7, 11) is -3.80. The van der Waals surface area contributed by atoms with Crippen molar-refractivity contribution in [1.82, 2.24) is 4.83 Å². The fraction of sp³-hybridized carbons (Fsp3) is 0.188. The molecule has 2 aromatic carbocycles. The fourth-order valence-corrected chi connectivity index (χ4v) is 4.22. The highest BCUT2D eigenvalue weighted by Crippen LogP contribution is 2.32. The fourth-order valence-electron chi connectivity index (χ4n) is 2.47. The van der Waals surface area contributed by atoms with E-state index in [0.717, 1.165) is 5.56 Å². The number of aryl methyl sites for hydroxylation is 3. The van der Waals surface area contributed by atoms with Crippen LogP contribution in [0.5, 0.6) is 5.75 Å². The number of nitrogens with one attached hydrogen (secondary N) is 1. The van der Waals surface area contributed by atoms with E-state index in [1.165, 1.54) is 18.3 Å². The smallest absolute Gasteiger partial charge is 0.277 e. The molecular weight excluding hydrogens is 371 g/mol. The average molecular weight is 387 g/mol. The third-order valence-corrected chi connectivity index (χ3v) is 5.40. The summed E-state index contributed by atoms with van der Waals surface area (Å²) in [6.07, 6.45) is 1.26. The zero-order valence-corrected chi connectivity index (χ0v) is 15.6. The number of rotatable bonds is 4. The van der Waals surface area contributed by atoms with Crippen molar-refractivity contribution >= 4 is 39.4 Å².